The van der Waals surface area contributed by atoms with E-state index in [-0.39, 0.29) is 11.5 Å². The maximum absolute atomic E-state index is 12.9. The monoisotopic (exact) mass is 442 g/mol. The fraction of sp³-hybridized carbons (Fsp3) is 0.294. The molecule has 1 saturated heterocycles. The van der Waals surface area contributed by atoms with Crippen LogP contribution in [0.25, 0.3) is 11.0 Å². The Morgan fingerprint density at radius 2 is 1.82 bits per heavy atom. The third-order valence-corrected chi connectivity index (χ3v) is 6.99. The number of halogens is 2. The first-order chi connectivity index (χ1) is 13.5. The molecule has 1 aromatic heterocycles. The van der Waals surface area contributed by atoms with Gasteiger partial charge >= 0.3 is 0 Å². The number of hydrogen-bond donors (Lipinski definition) is 0. The standard InChI is InChI=1S/C17H16Cl2N4O4S/c18-14-2-1-3-15(19)13(14)11-27-23-17-10-12(4-5-16(17)20-21-23)28(24,25)22-6-8-26-9-7-22/h1-5,10H,6-9,11H2. The minimum atomic E-state index is -3.64. The van der Waals surface area contributed by atoms with E-state index in [2.05, 4.69) is 10.3 Å². The third-order valence-electron chi connectivity index (χ3n) is 4.39. The summed E-state index contributed by atoms with van der Waals surface area (Å²) < 4.78 is 32.4. The molecule has 0 aliphatic carbocycles. The molecule has 0 spiro atoms. The van der Waals surface area contributed by atoms with Gasteiger partial charge in [-0.2, -0.15) is 4.31 Å². The van der Waals surface area contributed by atoms with Gasteiger partial charge in [-0.25, -0.2) is 8.42 Å². The second-order valence-electron chi connectivity index (χ2n) is 6.10. The minimum Gasteiger partial charge on any atom is -0.390 e. The van der Waals surface area contributed by atoms with E-state index in [0.717, 1.165) is 0 Å². The fourth-order valence-corrected chi connectivity index (χ4v) is 4.80. The average molecular weight is 443 g/mol. The summed E-state index contributed by atoms with van der Waals surface area (Å²) in [4.78, 5) is 6.98. The Bertz CT molecular complexity index is 1090. The number of rotatable bonds is 5. The summed E-state index contributed by atoms with van der Waals surface area (Å²) in [5.74, 6) is 0. The zero-order valence-corrected chi connectivity index (χ0v) is 16.9. The molecule has 3 aromatic rings. The Morgan fingerprint density at radius 3 is 2.54 bits per heavy atom. The minimum absolute atomic E-state index is 0.0530. The van der Waals surface area contributed by atoms with E-state index in [1.807, 2.05) is 0 Å². The Kier molecular flexibility index (Phi) is 5.44. The largest absolute Gasteiger partial charge is 0.390 e. The lowest BCUT2D eigenvalue weighted by atomic mass is 10.2. The van der Waals surface area contributed by atoms with Crippen molar-refractivity contribution in [2.45, 2.75) is 11.5 Å². The van der Waals surface area contributed by atoms with E-state index in [0.29, 0.717) is 52.9 Å². The zero-order valence-electron chi connectivity index (χ0n) is 14.6. The first-order valence-corrected chi connectivity index (χ1v) is 10.7. The van der Waals surface area contributed by atoms with Crippen molar-refractivity contribution in [3.8, 4) is 0 Å². The van der Waals surface area contributed by atoms with Crippen molar-refractivity contribution in [3.63, 3.8) is 0 Å². The topological polar surface area (TPSA) is 86.5 Å². The lowest BCUT2D eigenvalue weighted by Gasteiger charge is -2.26. The molecule has 0 amide bonds. The zero-order chi connectivity index (χ0) is 19.7. The molecule has 4 rings (SSSR count). The van der Waals surface area contributed by atoms with E-state index in [1.54, 1.807) is 24.3 Å². The highest BCUT2D eigenvalue weighted by Gasteiger charge is 2.27. The molecule has 2 aromatic carbocycles. The van der Waals surface area contributed by atoms with E-state index in [4.69, 9.17) is 32.8 Å². The second kappa shape index (κ2) is 7.84. The highest BCUT2D eigenvalue weighted by Crippen LogP contribution is 2.25. The smallest absolute Gasteiger partial charge is 0.243 e. The van der Waals surface area contributed by atoms with E-state index in [9.17, 15) is 8.42 Å². The van der Waals surface area contributed by atoms with Gasteiger partial charge in [-0.1, -0.05) is 34.1 Å². The van der Waals surface area contributed by atoms with Gasteiger partial charge in [0.1, 0.15) is 17.6 Å². The van der Waals surface area contributed by atoms with Gasteiger partial charge in [-0.05, 0) is 35.5 Å². The molecule has 0 N–H and O–H groups in total. The summed E-state index contributed by atoms with van der Waals surface area (Å²) in [5, 5.41) is 8.87. The lowest BCUT2D eigenvalue weighted by Crippen LogP contribution is -2.40. The molecule has 148 valence electrons. The summed E-state index contributed by atoms with van der Waals surface area (Å²) in [6.07, 6.45) is 0. The molecular weight excluding hydrogens is 427 g/mol. The molecule has 0 atom stereocenters. The Morgan fingerprint density at radius 1 is 1.11 bits per heavy atom. The van der Waals surface area contributed by atoms with Crippen LogP contribution < -0.4 is 4.84 Å². The van der Waals surface area contributed by atoms with Crippen LogP contribution in [0.3, 0.4) is 0 Å². The van der Waals surface area contributed by atoms with E-state index >= 15 is 0 Å². The van der Waals surface area contributed by atoms with Crippen LogP contribution in [0.5, 0.6) is 0 Å². The van der Waals surface area contributed by atoms with Gasteiger partial charge in [0.05, 0.1) is 18.1 Å². The number of ether oxygens (including phenoxy) is 1. The summed E-state index contributed by atoms with van der Waals surface area (Å²) in [7, 11) is -3.64. The number of benzene rings is 2. The number of aromatic nitrogens is 3. The van der Waals surface area contributed by atoms with Crippen LogP contribution in [0.15, 0.2) is 41.3 Å². The number of morpholine rings is 1. The average Bonchev–Trinajstić information content (AvgIpc) is 3.11. The number of fused-ring (bicyclic) bond motifs is 1. The molecule has 0 saturated carbocycles. The molecule has 1 aliphatic rings. The van der Waals surface area contributed by atoms with Crippen LogP contribution in [-0.4, -0.2) is 54.2 Å². The van der Waals surface area contributed by atoms with Crippen molar-refractivity contribution in [3.05, 3.63) is 52.0 Å². The molecule has 0 unspecified atom stereocenters. The van der Waals surface area contributed by atoms with Crippen LogP contribution in [0.4, 0.5) is 0 Å². The molecule has 28 heavy (non-hydrogen) atoms. The Hall–Kier alpha value is -1.91. The second-order valence-corrected chi connectivity index (χ2v) is 8.86. The number of nitrogens with zero attached hydrogens (tertiary/aromatic N) is 4. The van der Waals surface area contributed by atoms with E-state index < -0.39 is 10.0 Å². The van der Waals surface area contributed by atoms with Crippen LogP contribution >= 0.6 is 23.2 Å². The highest BCUT2D eigenvalue weighted by molar-refractivity contribution is 7.89. The first kappa shape index (κ1) is 19.4. The van der Waals surface area contributed by atoms with Gasteiger partial charge in [0, 0.05) is 28.7 Å². The quantitative estimate of drug-likeness (QED) is 0.602. The van der Waals surface area contributed by atoms with Crippen molar-refractivity contribution in [2.24, 2.45) is 0 Å². The molecule has 0 radical (unpaired) electrons. The highest BCUT2D eigenvalue weighted by atomic mass is 35.5. The fourth-order valence-electron chi connectivity index (χ4n) is 2.87. The van der Waals surface area contributed by atoms with Crippen LogP contribution in [0, 0.1) is 0 Å². The maximum atomic E-state index is 12.9. The van der Waals surface area contributed by atoms with Crippen molar-refractivity contribution in [1.29, 1.82) is 0 Å². The molecule has 8 nitrogen and oxygen atoms in total. The Labute approximate surface area is 171 Å². The van der Waals surface area contributed by atoms with Gasteiger partial charge < -0.3 is 9.57 Å². The van der Waals surface area contributed by atoms with Crippen molar-refractivity contribution < 1.29 is 18.0 Å². The van der Waals surface area contributed by atoms with Gasteiger partial charge in [-0.15, -0.1) is 5.10 Å². The van der Waals surface area contributed by atoms with Gasteiger partial charge in [-0.3, -0.25) is 0 Å². The molecule has 0 bridgehead atoms. The van der Waals surface area contributed by atoms with Crippen LogP contribution in [-0.2, 0) is 21.4 Å². The Balaban J connectivity index is 1.63. The van der Waals surface area contributed by atoms with Crippen LogP contribution in [0.1, 0.15) is 5.56 Å². The predicted octanol–water partition coefficient (Wildman–Crippen LogP) is 2.39. The first-order valence-electron chi connectivity index (χ1n) is 8.46. The summed E-state index contributed by atoms with van der Waals surface area (Å²) in [6, 6.07) is 9.75. The lowest BCUT2D eigenvalue weighted by molar-refractivity contribution is 0.0729. The number of sulfonamides is 1. The normalized spacial score (nSPS) is 15.8. The van der Waals surface area contributed by atoms with Crippen molar-refractivity contribution >= 4 is 44.3 Å². The molecular formula is C17H16Cl2N4O4S. The summed E-state index contributed by atoms with van der Waals surface area (Å²) in [6.45, 7) is 1.45. The van der Waals surface area contributed by atoms with Crippen molar-refractivity contribution in [1.82, 2.24) is 19.5 Å². The van der Waals surface area contributed by atoms with E-state index in [1.165, 1.54) is 21.3 Å². The molecule has 11 heteroatoms. The van der Waals surface area contributed by atoms with Gasteiger partial charge in [0.2, 0.25) is 10.0 Å². The number of hydrogen-bond acceptors (Lipinski definition) is 6. The van der Waals surface area contributed by atoms with Crippen molar-refractivity contribution in [2.75, 3.05) is 26.3 Å². The summed E-state index contributed by atoms with van der Waals surface area (Å²) >= 11 is 12.3. The molecule has 1 aliphatic heterocycles. The summed E-state index contributed by atoms with van der Waals surface area (Å²) in [5.41, 5.74) is 1.54. The third kappa shape index (κ3) is 3.68. The van der Waals surface area contributed by atoms with Crippen LogP contribution in [0.2, 0.25) is 10.0 Å². The maximum Gasteiger partial charge on any atom is 0.243 e. The predicted molar refractivity (Wildman–Crippen MR) is 104 cm³/mol. The van der Waals surface area contributed by atoms with Gasteiger partial charge in [0.15, 0.2) is 0 Å². The van der Waals surface area contributed by atoms with Gasteiger partial charge in [0.25, 0.3) is 0 Å². The molecule has 2 heterocycles. The molecule has 1 fully saturated rings. The SMILES string of the molecule is O=S(=O)(c1ccc2nnn(OCc3c(Cl)cccc3Cl)c2c1)N1CCOCC1.